The molecule has 2 heterocycles. The molecular formula is C20H20N4O5S2. The van der Waals surface area contributed by atoms with Crippen LogP contribution in [-0.4, -0.2) is 50.5 Å². The van der Waals surface area contributed by atoms with Crippen LogP contribution in [0.25, 0.3) is 10.6 Å². The summed E-state index contributed by atoms with van der Waals surface area (Å²) in [6, 6.07) is 14.1. The first-order chi connectivity index (χ1) is 14.8. The summed E-state index contributed by atoms with van der Waals surface area (Å²) in [6.45, 7) is 0.126. The van der Waals surface area contributed by atoms with Crippen LogP contribution in [0, 0.1) is 0 Å². The van der Waals surface area contributed by atoms with Gasteiger partial charge in [0.1, 0.15) is 16.5 Å². The zero-order chi connectivity index (χ0) is 22.0. The first-order valence-electron chi connectivity index (χ1n) is 9.37. The number of methoxy groups -OCH3 is 1. The number of ether oxygens (including phenoxy) is 2. The van der Waals surface area contributed by atoms with E-state index in [9.17, 15) is 13.2 Å². The number of para-hydroxylation sites is 2. The van der Waals surface area contributed by atoms with Crippen LogP contribution in [0.4, 0.5) is 10.8 Å². The maximum atomic E-state index is 12.8. The number of carbonyl (C=O) groups is 1. The molecule has 1 aliphatic heterocycles. The minimum absolute atomic E-state index is 0.126. The van der Waals surface area contributed by atoms with E-state index in [1.165, 1.54) is 15.6 Å². The second-order valence-electron chi connectivity index (χ2n) is 6.83. The normalized spacial score (nSPS) is 16.1. The predicted octanol–water partition coefficient (Wildman–Crippen LogP) is 2.77. The predicted molar refractivity (Wildman–Crippen MR) is 118 cm³/mol. The average molecular weight is 461 g/mol. The fourth-order valence-electron chi connectivity index (χ4n) is 3.17. The largest absolute Gasteiger partial charge is 0.497 e. The van der Waals surface area contributed by atoms with Crippen LogP contribution in [0.5, 0.6) is 11.5 Å². The van der Waals surface area contributed by atoms with E-state index in [4.69, 9.17) is 9.47 Å². The van der Waals surface area contributed by atoms with Gasteiger partial charge in [0.15, 0.2) is 6.10 Å². The lowest BCUT2D eigenvalue weighted by atomic mass is 10.2. The number of aromatic nitrogens is 2. The molecule has 1 aliphatic rings. The molecule has 11 heteroatoms. The lowest BCUT2D eigenvalue weighted by Crippen LogP contribution is -2.35. The molecule has 3 aromatic rings. The van der Waals surface area contributed by atoms with E-state index in [1.54, 1.807) is 31.4 Å². The maximum absolute atomic E-state index is 12.8. The quantitative estimate of drug-likeness (QED) is 0.623. The second kappa shape index (κ2) is 8.52. The van der Waals surface area contributed by atoms with Gasteiger partial charge in [-0.3, -0.25) is 14.4 Å². The fourth-order valence-corrected chi connectivity index (χ4v) is 4.87. The molecule has 0 unspecified atom stereocenters. The summed E-state index contributed by atoms with van der Waals surface area (Å²) in [4.78, 5) is 12.8. The standard InChI is InChI=1S/C20H20N4O5S2/c1-28-14-9-7-13(8-10-14)19-22-23-20(30-19)21-18(25)17-11-12-24(31(2,26)27)15-5-3-4-6-16(15)29-17/h3-10,17H,11-12H2,1-2H3,(H,21,23,25)/t17-/m1/s1. The summed E-state index contributed by atoms with van der Waals surface area (Å²) in [7, 11) is -1.92. The molecule has 1 atom stereocenters. The molecule has 0 spiro atoms. The van der Waals surface area contributed by atoms with Crippen LogP contribution in [0.15, 0.2) is 48.5 Å². The van der Waals surface area contributed by atoms with Crippen LogP contribution in [0.2, 0.25) is 0 Å². The van der Waals surface area contributed by atoms with Gasteiger partial charge < -0.3 is 9.47 Å². The molecular weight excluding hydrogens is 440 g/mol. The van der Waals surface area contributed by atoms with Gasteiger partial charge in [0.2, 0.25) is 15.2 Å². The van der Waals surface area contributed by atoms with Crippen molar-refractivity contribution >= 4 is 38.1 Å². The molecule has 4 rings (SSSR count). The van der Waals surface area contributed by atoms with E-state index >= 15 is 0 Å². The Morgan fingerprint density at radius 1 is 1.19 bits per heavy atom. The number of fused-ring (bicyclic) bond motifs is 1. The molecule has 0 radical (unpaired) electrons. The molecule has 1 N–H and O–H groups in total. The van der Waals surface area contributed by atoms with Gasteiger partial charge >= 0.3 is 0 Å². The van der Waals surface area contributed by atoms with Crippen molar-refractivity contribution in [1.29, 1.82) is 0 Å². The Morgan fingerprint density at radius 3 is 2.65 bits per heavy atom. The Hall–Kier alpha value is -3.18. The fraction of sp³-hybridized carbons (Fsp3) is 0.250. The van der Waals surface area contributed by atoms with Crippen molar-refractivity contribution in [2.24, 2.45) is 0 Å². The number of anilines is 2. The zero-order valence-electron chi connectivity index (χ0n) is 16.8. The van der Waals surface area contributed by atoms with Gasteiger partial charge in [0.25, 0.3) is 5.91 Å². The van der Waals surface area contributed by atoms with E-state index in [2.05, 4.69) is 15.5 Å². The number of rotatable bonds is 5. The number of benzene rings is 2. The van der Waals surface area contributed by atoms with Crippen LogP contribution >= 0.6 is 11.3 Å². The highest BCUT2D eigenvalue weighted by Gasteiger charge is 2.31. The lowest BCUT2D eigenvalue weighted by Gasteiger charge is -2.20. The molecule has 1 amide bonds. The van der Waals surface area contributed by atoms with Gasteiger partial charge in [-0.2, -0.15) is 0 Å². The molecule has 31 heavy (non-hydrogen) atoms. The summed E-state index contributed by atoms with van der Waals surface area (Å²) < 4.78 is 36.6. The minimum Gasteiger partial charge on any atom is -0.497 e. The number of carbonyl (C=O) groups excluding carboxylic acids is 1. The highest BCUT2D eigenvalue weighted by atomic mass is 32.2. The molecule has 0 aliphatic carbocycles. The van der Waals surface area contributed by atoms with E-state index in [-0.39, 0.29) is 13.0 Å². The molecule has 9 nitrogen and oxygen atoms in total. The first kappa shape index (κ1) is 21.1. The Labute approximate surface area is 183 Å². The van der Waals surface area contributed by atoms with Crippen molar-refractivity contribution in [3.05, 3.63) is 48.5 Å². The molecule has 2 aromatic carbocycles. The summed E-state index contributed by atoms with van der Waals surface area (Å²) >= 11 is 1.23. The number of sulfonamides is 1. The van der Waals surface area contributed by atoms with Crippen molar-refractivity contribution in [3.63, 3.8) is 0 Å². The summed E-state index contributed by atoms with van der Waals surface area (Å²) in [5.74, 6) is 0.653. The topological polar surface area (TPSA) is 111 Å². The third-order valence-electron chi connectivity index (χ3n) is 4.68. The van der Waals surface area contributed by atoms with Gasteiger partial charge in [-0.15, -0.1) is 10.2 Å². The average Bonchev–Trinajstić information content (AvgIpc) is 3.11. The number of nitrogens with zero attached hydrogens (tertiary/aromatic N) is 3. The second-order valence-corrected chi connectivity index (χ2v) is 9.71. The van der Waals surface area contributed by atoms with Crippen molar-refractivity contribution in [1.82, 2.24) is 10.2 Å². The summed E-state index contributed by atoms with van der Waals surface area (Å²) in [6.07, 6.45) is 0.449. The monoisotopic (exact) mass is 460 g/mol. The maximum Gasteiger partial charge on any atom is 0.267 e. The van der Waals surface area contributed by atoms with E-state index in [1.807, 2.05) is 24.3 Å². The molecule has 1 aromatic heterocycles. The van der Waals surface area contributed by atoms with Crippen molar-refractivity contribution in [2.45, 2.75) is 12.5 Å². The van der Waals surface area contributed by atoms with Gasteiger partial charge in [0.05, 0.1) is 19.1 Å². The number of hydrogen-bond donors (Lipinski definition) is 1. The first-order valence-corrected chi connectivity index (χ1v) is 12.0. The molecule has 0 saturated heterocycles. The molecule has 0 bridgehead atoms. The van der Waals surface area contributed by atoms with Crippen LogP contribution in [0.3, 0.4) is 0 Å². The van der Waals surface area contributed by atoms with Gasteiger partial charge in [-0.1, -0.05) is 23.5 Å². The SMILES string of the molecule is COc1ccc(-c2nnc(NC(=O)[C@H]3CCN(S(C)(=O)=O)c4ccccc4O3)s2)cc1. The molecule has 162 valence electrons. The van der Waals surface area contributed by atoms with Crippen molar-refractivity contribution in [3.8, 4) is 22.1 Å². The smallest absolute Gasteiger partial charge is 0.267 e. The van der Waals surface area contributed by atoms with Crippen LogP contribution < -0.4 is 19.1 Å². The minimum atomic E-state index is -3.51. The third kappa shape index (κ3) is 4.62. The lowest BCUT2D eigenvalue weighted by molar-refractivity contribution is -0.122. The van der Waals surface area contributed by atoms with E-state index in [0.717, 1.165) is 17.6 Å². The number of amides is 1. The Bertz CT molecular complexity index is 1190. The number of hydrogen-bond acceptors (Lipinski definition) is 8. The Balaban J connectivity index is 1.50. The van der Waals surface area contributed by atoms with Gasteiger partial charge in [-0.05, 0) is 36.4 Å². The molecule has 0 fully saturated rings. The van der Waals surface area contributed by atoms with Gasteiger partial charge in [0, 0.05) is 18.5 Å². The van der Waals surface area contributed by atoms with Crippen LogP contribution in [-0.2, 0) is 14.8 Å². The summed E-state index contributed by atoms with van der Waals surface area (Å²) in [5.41, 5.74) is 1.26. The molecule has 0 saturated carbocycles. The van der Waals surface area contributed by atoms with Crippen molar-refractivity contribution < 1.29 is 22.7 Å². The highest BCUT2D eigenvalue weighted by Crippen LogP contribution is 2.34. The van der Waals surface area contributed by atoms with E-state index < -0.39 is 22.0 Å². The summed E-state index contributed by atoms with van der Waals surface area (Å²) in [5, 5.41) is 11.9. The zero-order valence-corrected chi connectivity index (χ0v) is 18.4. The van der Waals surface area contributed by atoms with Crippen molar-refractivity contribution in [2.75, 3.05) is 29.5 Å². The van der Waals surface area contributed by atoms with E-state index in [0.29, 0.717) is 21.6 Å². The third-order valence-corrected chi connectivity index (χ3v) is 6.75. The van der Waals surface area contributed by atoms with Crippen LogP contribution in [0.1, 0.15) is 6.42 Å². The highest BCUT2D eigenvalue weighted by molar-refractivity contribution is 7.92. The van der Waals surface area contributed by atoms with Gasteiger partial charge in [-0.25, -0.2) is 8.42 Å². The Morgan fingerprint density at radius 2 is 1.94 bits per heavy atom. The Kier molecular flexibility index (Phi) is 5.79. The number of nitrogens with one attached hydrogen (secondary N) is 1.